The molecular formula is C19H27N5O. The van der Waals surface area contributed by atoms with Crippen LogP contribution in [-0.4, -0.2) is 53.6 Å². The second-order valence-electron chi connectivity index (χ2n) is 6.58. The number of carbonyl (C=O) groups is 1. The predicted octanol–water partition coefficient (Wildman–Crippen LogP) is 2.05. The van der Waals surface area contributed by atoms with E-state index in [9.17, 15) is 4.79 Å². The lowest BCUT2D eigenvalue weighted by atomic mass is 10.1. The summed E-state index contributed by atoms with van der Waals surface area (Å²) in [6.45, 7) is 5.40. The molecular weight excluding hydrogens is 314 g/mol. The molecule has 1 N–H and O–H groups in total. The summed E-state index contributed by atoms with van der Waals surface area (Å²) in [7, 11) is 4.05. The molecule has 1 atom stereocenters. The molecule has 1 amide bonds. The minimum atomic E-state index is -0.0382. The lowest BCUT2D eigenvalue weighted by molar-refractivity contribution is 0.0621. The summed E-state index contributed by atoms with van der Waals surface area (Å²) in [5.41, 5.74) is 1.87. The van der Waals surface area contributed by atoms with Gasteiger partial charge in [-0.3, -0.25) is 4.79 Å². The highest BCUT2D eigenvalue weighted by atomic mass is 16.2. The molecule has 1 unspecified atom stereocenters. The maximum atomic E-state index is 13.1. The number of rotatable bonds is 5. The van der Waals surface area contributed by atoms with Gasteiger partial charge in [0.15, 0.2) is 0 Å². The van der Waals surface area contributed by atoms with Crippen LogP contribution in [0.4, 0.5) is 5.69 Å². The van der Waals surface area contributed by atoms with Gasteiger partial charge in [0.2, 0.25) is 0 Å². The van der Waals surface area contributed by atoms with E-state index in [4.69, 9.17) is 0 Å². The monoisotopic (exact) mass is 341 g/mol. The molecule has 0 radical (unpaired) electrons. The molecule has 2 heterocycles. The Bertz CT molecular complexity index is 709. The molecule has 1 fully saturated rings. The molecule has 134 valence electrons. The fraction of sp³-hybridized carbons (Fsp3) is 0.474. The molecule has 1 aromatic carbocycles. The Kier molecular flexibility index (Phi) is 5.38. The van der Waals surface area contributed by atoms with Crippen molar-refractivity contribution in [2.45, 2.75) is 19.4 Å². The highest BCUT2D eigenvalue weighted by Gasteiger charge is 2.30. The number of aryl methyl sites for hydroxylation is 1. The molecule has 1 aliphatic rings. The Morgan fingerprint density at radius 2 is 2.12 bits per heavy atom. The second-order valence-corrected chi connectivity index (χ2v) is 6.58. The van der Waals surface area contributed by atoms with Gasteiger partial charge in [0, 0.05) is 63.9 Å². The number of piperazine rings is 1. The van der Waals surface area contributed by atoms with Gasteiger partial charge < -0.3 is 19.7 Å². The van der Waals surface area contributed by atoms with Gasteiger partial charge in [-0.05, 0) is 30.7 Å². The highest BCUT2D eigenvalue weighted by molar-refractivity contribution is 5.95. The van der Waals surface area contributed by atoms with E-state index in [1.165, 1.54) is 0 Å². The summed E-state index contributed by atoms with van der Waals surface area (Å²) in [5.74, 6) is 0.985. The van der Waals surface area contributed by atoms with Gasteiger partial charge in [0.05, 0.1) is 0 Å². The van der Waals surface area contributed by atoms with Crippen LogP contribution in [0.25, 0.3) is 0 Å². The van der Waals surface area contributed by atoms with Gasteiger partial charge in [0.25, 0.3) is 5.91 Å². The van der Waals surface area contributed by atoms with E-state index in [1.54, 1.807) is 6.20 Å². The number of aromatic nitrogens is 2. The van der Waals surface area contributed by atoms with Gasteiger partial charge >= 0.3 is 0 Å². The van der Waals surface area contributed by atoms with Gasteiger partial charge in [-0.15, -0.1) is 0 Å². The van der Waals surface area contributed by atoms with Crippen LogP contribution in [0.15, 0.2) is 36.7 Å². The largest absolute Gasteiger partial charge is 0.375 e. The molecule has 1 aromatic heterocycles. The van der Waals surface area contributed by atoms with Crippen LogP contribution < -0.4 is 10.2 Å². The summed E-state index contributed by atoms with van der Waals surface area (Å²) < 4.78 is 1.99. The Labute approximate surface area is 149 Å². The molecule has 1 saturated heterocycles. The molecule has 25 heavy (non-hydrogen) atoms. The van der Waals surface area contributed by atoms with Crippen LogP contribution in [0.1, 0.15) is 35.6 Å². The first-order valence-corrected chi connectivity index (χ1v) is 8.92. The zero-order valence-corrected chi connectivity index (χ0v) is 15.3. The Morgan fingerprint density at radius 3 is 2.76 bits per heavy atom. The lowest BCUT2D eigenvalue weighted by Crippen LogP contribution is -2.49. The van der Waals surface area contributed by atoms with Crippen LogP contribution in [0, 0.1) is 0 Å². The third-order valence-corrected chi connectivity index (χ3v) is 4.77. The van der Waals surface area contributed by atoms with E-state index in [1.807, 2.05) is 47.0 Å². The third-order valence-electron chi connectivity index (χ3n) is 4.77. The topological polar surface area (TPSA) is 53.4 Å². The van der Waals surface area contributed by atoms with Gasteiger partial charge in [-0.2, -0.15) is 0 Å². The summed E-state index contributed by atoms with van der Waals surface area (Å²) in [4.78, 5) is 21.7. The number of anilines is 1. The first kappa shape index (κ1) is 17.5. The smallest absolute Gasteiger partial charge is 0.254 e. The summed E-state index contributed by atoms with van der Waals surface area (Å²) >= 11 is 0. The van der Waals surface area contributed by atoms with Crippen LogP contribution in [0.3, 0.4) is 0 Å². The van der Waals surface area contributed by atoms with Crippen molar-refractivity contribution in [3.05, 3.63) is 48.0 Å². The van der Waals surface area contributed by atoms with Crippen molar-refractivity contribution in [2.24, 2.45) is 7.05 Å². The number of amides is 1. The van der Waals surface area contributed by atoms with Crippen molar-refractivity contribution < 1.29 is 4.79 Å². The number of nitrogens with one attached hydrogen (secondary N) is 1. The van der Waals surface area contributed by atoms with Crippen LogP contribution in [0.5, 0.6) is 0 Å². The van der Waals surface area contributed by atoms with Crippen molar-refractivity contribution >= 4 is 11.6 Å². The van der Waals surface area contributed by atoms with Crippen molar-refractivity contribution in [1.82, 2.24) is 19.8 Å². The zero-order chi connectivity index (χ0) is 17.8. The van der Waals surface area contributed by atoms with E-state index in [2.05, 4.69) is 29.2 Å². The highest BCUT2D eigenvalue weighted by Crippen LogP contribution is 2.23. The average molecular weight is 341 g/mol. The minimum absolute atomic E-state index is 0.0382. The summed E-state index contributed by atoms with van der Waals surface area (Å²) in [6.07, 6.45) is 4.80. The number of hydrogen-bond acceptors (Lipinski definition) is 4. The van der Waals surface area contributed by atoms with Gasteiger partial charge in [0.1, 0.15) is 11.9 Å². The summed E-state index contributed by atoms with van der Waals surface area (Å²) in [6, 6.07) is 7.88. The predicted molar refractivity (Wildman–Crippen MR) is 99.9 cm³/mol. The molecule has 6 nitrogen and oxygen atoms in total. The van der Waals surface area contributed by atoms with E-state index in [0.717, 1.165) is 43.1 Å². The molecule has 0 bridgehead atoms. The van der Waals surface area contributed by atoms with Crippen LogP contribution in [-0.2, 0) is 7.05 Å². The normalized spacial score (nSPS) is 17.6. The fourth-order valence-corrected chi connectivity index (χ4v) is 3.37. The molecule has 3 rings (SSSR count). The minimum Gasteiger partial charge on any atom is -0.375 e. The Balaban J connectivity index is 1.79. The summed E-state index contributed by atoms with van der Waals surface area (Å²) in [5, 5.41) is 3.37. The Hall–Kier alpha value is -2.34. The zero-order valence-electron chi connectivity index (χ0n) is 15.3. The SMILES string of the molecule is CCCN(C)c1ccc(C(=O)N2CCNCC2c2nccn2C)cc1. The van der Waals surface area contributed by atoms with Crippen LogP contribution >= 0.6 is 0 Å². The third kappa shape index (κ3) is 3.69. The van der Waals surface area contributed by atoms with Crippen LogP contribution in [0.2, 0.25) is 0 Å². The van der Waals surface area contributed by atoms with E-state index < -0.39 is 0 Å². The van der Waals surface area contributed by atoms with Gasteiger partial charge in [-0.25, -0.2) is 4.98 Å². The molecule has 2 aromatic rings. The molecule has 0 saturated carbocycles. The van der Waals surface area contributed by atoms with Crippen molar-refractivity contribution in [3.63, 3.8) is 0 Å². The number of carbonyl (C=O) groups excluding carboxylic acids is 1. The molecule has 0 aliphatic carbocycles. The fourth-order valence-electron chi connectivity index (χ4n) is 3.37. The van der Waals surface area contributed by atoms with Gasteiger partial charge in [-0.1, -0.05) is 6.92 Å². The Morgan fingerprint density at radius 1 is 1.36 bits per heavy atom. The first-order chi connectivity index (χ1) is 12.1. The standard InChI is InChI=1S/C19H27N5O/c1-4-11-22(2)16-7-5-15(6-8-16)19(25)24-13-9-20-14-17(24)18-21-10-12-23(18)3/h5-8,10,12,17,20H,4,9,11,13-14H2,1-3H3. The number of nitrogens with zero attached hydrogens (tertiary/aromatic N) is 4. The molecule has 0 spiro atoms. The van der Waals surface area contributed by atoms with E-state index >= 15 is 0 Å². The van der Waals surface area contributed by atoms with Crippen molar-refractivity contribution in [2.75, 3.05) is 38.1 Å². The molecule has 6 heteroatoms. The maximum Gasteiger partial charge on any atom is 0.254 e. The van der Waals surface area contributed by atoms with E-state index in [-0.39, 0.29) is 11.9 Å². The number of imidazole rings is 1. The molecule has 1 aliphatic heterocycles. The van der Waals surface area contributed by atoms with Crippen molar-refractivity contribution in [1.29, 1.82) is 0 Å². The number of hydrogen-bond donors (Lipinski definition) is 1. The quantitative estimate of drug-likeness (QED) is 0.904. The van der Waals surface area contributed by atoms with Crippen molar-refractivity contribution in [3.8, 4) is 0 Å². The number of benzene rings is 1. The first-order valence-electron chi connectivity index (χ1n) is 8.92. The average Bonchev–Trinajstić information content (AvgIpc) is 3.07. The van der Waals surface area contributed by atoms with E-state index in [0.29, 0.717) is 6.54 Å². The lowest BCUT2D eigenvalue weighted by Gasteiger charge is -2.35. The maximum absolute atomic E-state index is 13.1. The second kappa shape index (κ2) is 7.70.